The van der Waals surface area contributed by atoms with Crippen molar-refractivity contribution >= 4 is 38.3 Å². The molecule has 1 amide bonds. The number of hydrogen-bond donors (Lipinski definition) is 2. The van der Waals surface area contributed by atoms with Gasteiger partial charge in [-0.05, 0) is 35.9 Å². The number of carbonyl (C=O) groups is 1. The number of hydrogen-bond acceptors (Lipinski definition) is 4. The maximum absolute atomic E-state index is 11.5. The molecule has 1 aromatic heterocycles. The summed E-state index contributed by atoms with van der Waals surface area (Å²) in [7, 11) is 0. The fourth-order valence-electron chi connectivity index (χ4n) is 2.36. The minimum absolute atomic E-state index is 0.00605. The highest BCUT2D eigenvalue weighted by molar-refractivity contribution is 7.22. The van der Waals surface area contributed by atoms with Gasteiger partial charge in [0, 0.05) is 17.8 Å². The third-order valence-corrected chi connectivity index (χ3v) is 4.29. The number of carbonyl (C=O) groups excluding carboxylic acids is 1. The third-order valence-electron chi connectivity index (χ3n) is 3.33. The van der Waals surface area contributed by atoms with Crippen molar-refractivity contribution in [3.63, 3.8) is 0 Å². The first-order chi connectivity index (χ1) is 9.79. The minimum Gasteiger partial charge on any atom is -0.348 e. The largest absolute Gasteiger partial charge is 0.348 e. The summed E-state index contributed by atoms with van der Waals surface area (Å²) in [6, 6.07) is 13.8. The van der Waals surface area contributed by atoms with E-state index in [1.807, 2.05) is 36.4 Å². The van der Waals surface area contributed by atoms with E-state index in [-0.39, 0.29) is 5.91 Å². The van der Waals surface area contributed by atoms with Gasteiger partial charge in [-0.25, -0.2) is 4.98 Å². The minimum atomic E-state index is 0.00605. The Morgan fingerprint density at radius 1 is 1.20 bits per heavy atom. The van der Waals surface area contributed by atoms with E-state index in [1.165, 1.54) is 0 Å². The lowest BCUT2D eigenvalue weighted by molar-refractivity contribution is 0.0966. The highest BCUT2D eigenvalue weighted by Crippen LogP contribution is 2.29. The average Bonchev–Trinajstić information content (AvgIpc) is 3.02. The maximum Gasteiger partial charge on any atom is 0.251 e. The van der Waals surface area contributed by atoms with Gasteiger partial charge in [0.25, 0.3) is 5.91 Å². The van der Waals surface area contributed by atoms with Gasteiger partial charge < -0.3 is 10.6 Å². The summed E-state index contributed by atoms with van der Waals surface area (Å²) < 4.78 is 1.16. The van der Waals surface area contributed by atoms with Crippen LogP contribution in [0.25, 0.3) is 10.2 Å². The maximum atomic E-state index is 11.5. The van der Waals surface area contributed by atoms with E-state index in [9.17, 15) is 4.79 Å². The van der Waals surface area contributed by atoms with E-state index in [1.54, 1.807) is 11.3 Å². The number of benzene rings is 2. The van der Waals surface area contributed by atoms with E-state index >= 15 is 0 Å². The summed E-state index contributed by atoms with van der Waals surface area (Å²) in [5, 5.41) is 6.99. The number of nitrogens with one attached hydrogen (secondary N) is 2. The fraction of sp³-hybridized carbons (Fsp3) is 0.0667. The van der Waals surface area contributed by atoms with Crippen molar-refractivity contribution in [3.05, 3.63) is 53.6 Å². The zero-order chi connectivity index (χ0) is 13.5. The number of nitrogens with zero attached hydrogens (tertiary/aromatic N) is 1. The monoisotopic (exact) mass is 281 g/mol. The van der Waals surface area contributed by atoms with E-state index in [0.29, 0.717) is 6.54 Å². The van der Waals surface area contributed by atoms with Crippen LogP contribution in [-0.4, -0.2) is 10.9 Å². The Labute approximate surface area is 119 Å². The van der Waals surface area contributed by atoms with Crippen molar-refractivity contribution in [2.75, 3.05) is 5.32 Å². The molecule has 0 spiro atoms. The molecule has 4 nitrogen and oxygen atoms in total. The summed E-state index contributed by atoms with van der Waals surface area (Å²) in [4.78, 5) is 16.1. The number of aromatic nitrogens is 1. The molecule has 4 rings (SSSR count). The van der Waals surface area contributed by atoms with Crippen LogP contribution in [0.4, 0.5) is 10.8 Å². The van der Waals surface area contributed by atoms with Gasteiger partial charge in [0.05, 0.1) is 10.2 Å². The molecular weight excluding hydrogens is 270 g/mol. The van der Waals surface area contributed by atoms with E-state index < -0.39 is 0 Å². The van der Waals surface area contributed by atoms with Gasteiger partial charge in [-0.3, -0.25) is 4.79 Å². The fourth-order valence-corrected chi connectivity index (χ4v) is 3.25. The highest BCUT2D eigenvalue weighted by Gasteiger charge is 2.18. The molecule has 0 radical (unpaired) electrons. The summed E-state index contributed by atoms with van der Waals surface area (Å²) >= 11 is 1.62. The lowest BCUT2D eigenvalue weighted by Crippen LogP contribution is -2.12. The normalized spacial score (nSPS) is 13.3. The van der Waals surface area contributed by atoms with Crippen molar-refractivity contribution in [3.8, 4) is 0 Å². The van der Waals surface area contributed by atoms with Crippen LogP contribution in [0, 0.1) is 0 Å². The van der Waals surface area contributed by atoms with E-state index in [2.05, 4.69) is 21.7 Å². The first kappa shape index (κ1) is 11.4. The highest BCUT2D eigenvalue weighted by atomic mass is 32.1. The Morgan fingerprint density at radius 3 is 3.00 bits per heavy atom. The van der Waals surface area contributed by atoms with Gasteiger partial charge in [-0.1, -0.05) is 23.5 Å². The smallest absolute Gasteiger partial charge is 0.251 e. The van der Waals surface area contributed by atoms with Crippen molar-refractivity contribution in [2.24, 2.45) is 0 Å². The molecule has 20 heavy (non-hydrogen) atoms. The molecule has 2 aromatic carbocycles. The first-order valence-corrected chi connectivity index (χ1v) is 7.15. The molecule has 0 fully saturated rings. The molecule has 1 aliphatic heterocycles. The molecule has 3 aromatic rings. The molecule has 0 unspecified atom stereocenters. The predicted molar refractivity (Wildman–Crippen MR) is 80.5 cm³/mol. The molecule has 2 N–H and O–H groups in total. The van der Waals surface area contributed by atoms with Crippen LogP contribution < -0.4 is 10.6 Å². The molecule has 98 valence electrons. The van der Waals surface area contributed by atoms with Crippen LogP contribution in [-0.2, 0) is 6.54 Å². The Hall–Kier alpha value is -2.40. The SMILES string of the molecule is O=C1NCc2cc(Nc3nc4ccccc4s3)ccc21. The van der Waals surface area contributed by atoms with Crippen LogP contribution >= 0.6 is 11.3 Å². The number of rotatable bonds is 2. The molecule has 0 aliphatic carbocycles. The molecule has 1 aliphatic rings. The van der Waals surface area contributed by atoms with E-state index in [0.717, 1.165) is 32.2 Å². The van der Waals surface area contributed by atoms with Gasteiger partial charge in [-0.15, -0.1) is 0 Å². The first-order valence-electron chi connectivity index (χ1n) is 6.33. The molecule has 0 bridgehead atoms. The van der Waals surface area contributed by atoms with Gasteiger partial charge in [0.15, 0.2) is 5.13 Å². The van der Waals surface area contributed by atoms with Gasteiger partial charge in [-0.2, -0.15) is 0 Å². The van der Waals surface area contributed by atoms with Gasteiger partial charge >= 0.3 is 0 Å². The number of amides is 1. The molecule has 0 atom stereocenters. The lowest BCUT2D eigenvalue weighted by atomic mass is 10.1. The molecular formula is C15H11N3OS. The summed E-state index contributed by atoms with van der Waals surface area (Å²) in [5.74, 6) is 0.00605. The van der Waals surface area contributed by atoms with Crippen molar-refractivity contribution < 1.29 is 4.79 Å². The number of para-hydroxylation sites is 1. The van der Waals surface area contributed by atoms with Gasteiger partial charge in [0.1, 0.15) is 0 Å². The predicted octanol–water partition coefficient (Wildman–Crippen LogP) is 3.28. The number of thiazole rings is 1. The third kappa shape index (κ3) is 1.83. The van der Waals surface area contributed by atoms with Crippen LogP contribution in [0.5, 0.6) is 0 Å². The number of anilines is 2. The quantitative estimate of drug-likeness (QED) is 0.758. The van der Waals surface area contributed by atoms with E-state index in [4.69, 9.17) is 0 Å². The standard InChI is InChI=1S/C15H11N3OS/c19-14-11-6-5-10(7-9(11)8-16-14)17-15-18-12-3-1-2-4-13(12)20-15/h1-7H,8H2,(H,16,19)(H,17,18). The van der Waals surface area contributed by atoms with Gasteiger partial charge in [0.2, 0.25) is 0 Å². The second kappa shape index (κ2) is 4.31. The lowest BCUT2D eigenvalue weighted by Gasteiger charge is -2.04. The summed E-state index contributed by atoms with van der Waals surface area (Å²) in [5.41, 5.74) is 3.75. The summed E-state index contributed by atoms with van der Waals surface area (Å²) in [6.07, 6.45) is 0. The Balaban J connectivity index is 1.67. The molecule has 2 heterocycles. The average molecular weight is 281 g/mol. The van der Waals surface area contributed by atoms with Crippen LogP contribution in [0.15, 0.2) is 42.5 Å². The zero-order valence-electron chi connectivity index (χ0n) is 10.5. The molecule has 0 saturated carbocycles. The molecule has 5 heteroatoms. The van der Waals surface area contributed by atoms with Crippen molar-refractivity contribution in [1.82, 2.24) is 10.3 Å². The van der Waals surface area contributed by atoms with Crippen LogP contribution in [0.3, 0.4) is 0 Å². The van der Waals surface area contributed by atoms with Crippen molar-refractivity contribution in [2.45, 2.75) is 6.54 Å². The number of fused-ring (bicyclic) bond motifs is 2. The Kier molecular flexibility index (Phi) is 2.47. The van der Waals surface area contributed by atoms with Crippen LogP contribution in [0.2, 0.25) is 0 Å². The van der Waals surface area contributed by atoms with Crippen LogP contribution in [0.1, 0.15) is 15.9 Å². The second-order valence-corrected chi connectivity index (χ2v) is 5.70. The Morgan fingerprint density at radius 2 is 2.10 bits per heavy atom. The van der Waals surface area contributed by atoms with Crippen molar-refractivity contribution in [1.29, 1.82) is 0 Å². The zero-order valence-corrected chi connectivity index (χ0v) is 11.3. The Bertz CT molecular complexity index is 792. The second-order valence-electron chi connectivity index (χ2n) is 4.67. The summed E-state index contributed by atoms with van der Waals surface area (Å²) in [6.45, 7) is 0.601. The topological polar surface area (TPSA) is 54.0 Å². The molecule has 0 saturated heterocycles.